The zero-order chi connectivity index (χ0) is 20.5. The van der Waals surface area contributed by atoms with Gasteiger partial charge in [-0.25, -0.2) is 0 Å². The number of likely N-dealkylation sites (N-methyl/N-ethyl adjacent to an activating group) is 1. The van der Waals surface area contributed by atoms with Crippen molar-refractivity contribution >= 4 is 5.91 Å². The van der Waals surface area contributed by atoms with Gasteiger partial charge in [-0.3, -0.25) is 9.48 Å². The molecule has 1 fully saturated rings. The van der Waals surface area contributed by atoms with Gasteiger partial charge in [0.2, 0.25) is 5.91 Å². The first-order valence-electron chi connectivity index (χ1n) is 9.23. The second kappa shape index (κ2) is 7.95. The van der Waals surface area contributed by atoms with Crippen LogP contribution in [0.4, 0.5) is 13.2 Å². The molecule has 0 radical (unpaired) electrons. The van der Waals surface area contributed by atoms with E-state index in [1.165, 1.54) is 6.07 Å². The zero-order valence-corrected chi connectivity index (χ0v) is 16.3. The summed E-state index contributed by atoms with van der Waals surface area (Å²) in [5, 5.41) is 4.16. The third-order valence-electron chi connectivity index (χ3n) is 5.02. The lowest BCUT2D eigenvalue weighted by molar-refractivity contribution is -0.137. The quantitative estimate of drug-likeness (QED) is 0.725. The average molecular weight is 394 g/mol. The molecule has 0 saturated heterocycles. The van der Waals surface area contributed by atoms with Crippen molar-refractivity contribution in [1.29, 1.82) is 0 Å². The molecular weight excluding hydrogens is 369 g/mol. The molecule has 2 atom stereocenters. The summed E-state index contributed by atoms with van der Waals surface area (Å²) in [6.07, 6.45) is 0.0474. The zero-order valence-electron chi connectivity index (χ0n) is 16.3. The second-order valence-electron chi connectivity index (χ2n) is 7.66. The molecule has 1 amide bonds. The number of carbonyl (C=O) groups excluding carboxylic acids is 1. The number of carbonyl (C=O) groups is 1. The normalized spacial score (nSPS) is 19.1. The number of nitrogens with zero attached hydrogens (tertiary/aromatic N) is 4. The maximum Gasteiger partial charge on any atom is 0.416 e. The predicted octanol–water partition coefficient (Wildman–Crippen LogP) is 3.13. The Hall–Kier alpha value is -2.35. The van der Waals surface area contributed by atoms with E-state index in [0.717, 1.165) is 24.1 Å². The van der Waals surface area contributed by atoms with Crippen molar-refractivity contribution in [2.45, 2.75) is 25.1 Å². The lowest BCUT2D eigenvalue weighted by Gasteiger charge is -2.25. The van der Waals surface area contributed by atoms with Gasteiger partial charge < -0.3 is 9.80 Å². The Morgan fingerprint density at radius 2 is 2.04 bits per heavy atom. The molecule has 2 aromatic rings. The summed E-state index contributed by atoms with van der Waals surface area (Å²) in [6, 6.07) is 5.20. The van der Waals surface area contributed by atoms with Crippen LogP contribution < -0.4 is 0 Å². The molecule has 1 aliphatic rings. The van der Waals surface area contributed by atoms with Crippen LogP contribution in [0.3, 0.4) is 0 Å². The minimum atomic E-state index is -4.39. The monoisotopic (exact) mass is 394 g/mol. The molecule has 0 unspecified atom stereocenters. The van der Waals surface area contributed by atoms with E-state index in [1.807, 2.05) is 32.2 Å². The number of amides is 1. The maximum atomic E-state index is 13.1. The number of hydrogen-bond donors (Lipinski definition) is 0. The van der Waals surface area contributed by atoms with Crippen molar-refractivity contribution in [3.05, 3.63) is 53.3 Å². The number of alkyl halides is 3. The van der Waals surface area contributed by atoms with Gasteiger partial charge in [0.1, 0.15) is 0 Å². The van der Waals surface area contributed by atoms with E-state index in [0.29, 0.717) is 18.7 Å². The molecule has 0 spiro atoms. The summed E-state index contributed by atoms with van der Waals surface area (Å²) in [5.74, 6) is 0.00911. The highest BCUT2D eigenvalue weighted by Gasteiger charge is 2.46. The third kappa shape index (κ3) is 4.92. The Labute approximate surface area is 162 Å². The highest BCUT2D eigenvalue weighted by atomic mass is 19.4. The predicted molar refractivity (Wildman–Crippen MR) is 99.5 cm³/mol. The number of halogens is 3. The molecule has 0 N–H and O–H groups in total. The Balaban J connectivity index is 1.73. The first kappa shape index (κ1) is 20.4. The maximum absolute atomic E-state index is 13.1. The van der Waals surface area contributed by atoms with Crippen molar-refractivity contribution in [2.75, 3.05) is 27.2 Å². The van der Waals surface area contributed by atoms with Gasteiger partial charge >= 0.3 is 6.18 Å². The topological polar surface area (TPSA) is 41.4 Å². The third-order valence-corrected chi connectivity index (χ3v) is 5.02. The molecule has 1 aromatic carbocycles. The van der Waals surface area contributed by atoms with Crippen LogP contribution in [0.2, 0.25) is 0 Å². The van der Waals surface area contributed by atoms with Crippen LogP contribution in [-0.2, 0) is 24.6 Å². The van der Waals surface area contributed by atoms with Crippen LogP contribution in [0.25, 0.3) is 0 Å². The lowest BCUT2D eigenvalue weighted by Crippen LogP contribution is -2.37. The number of rotatable bonds is 7. The highest BCUT2D eigenvalue weighted by molar-refractivity contribution is 5.83. The Morgan fingerprint density at radius 3 is 2.64 bits per heavy atom. The minimum absolute atomic E-state index is 0.00638. The molecule has 1 aliphatic carbocycles. The summed E-state index contributed by atoms with van der Waals surface area (Å²) >= 11 is 0. The van der Waals surface area contributed by atoms with E-state index in [1.54, 1.807) is 21.8 Å². The summed E-state index contributed by atoms with van der Waals surface area (Å²) in [6.45, 7) is 1.29. The Morgan fingerprint density at radius 1 is 1.29 bits per heavy atom. The Kier molecular flexibility index (Phi) is 5.79. The van der Waals surface area contributed by atoms with Crippen molar-refractivity contribution in [2.24, 2.45) is 13.0 Å². The largest absolute Gasteiger partial charge is 0.416 e. The van der Waals surface area contributed by atoms with Crippen molar-refractivity contribution in [3.63, 3.8) is 0 Å². The van der Waals surface area contributed by atoms with Gasteiger partial charge in [0.15, 0.2) is 0 Å². The number of aryl methyl sites for hydroxylation is 1. The van der Waals surface area contributed by atoms with Crippen molar-refractivity contribution in [1.82, 2.24) is 19.6 Å². The molecule has 1 saturated carbocycles. The van der Waals surface area contributed by atoms with Crippen molar-refractivity contribution in [3.8, 4) is 0 Å². The van der Waals surface area contributed by atoms with E-state index in [-0.39, 0.29) is 24.3 Å². The molecule has 1 aromatic heterocycles. The van der Waals surface area contributed by atoms with Gasteiger partial charge in [-0.1, -0.05) is 12.1 Å². The molecule has 1 heterocycles. The van der Waals surface area contributed by atoms with E-state index in [4.69, 9.17) is 0 Å². The van der Waals surface area contributed by atoms with E-state index in [2.05, 4.69) is 5.10 Å². The van der Waals surface area contributed by atoms with Gasteiger partial charge in [0.25, 0.3) is 0 Å². The fourth-order valence-electron chi connectivity index (χ4n) is 3.36. The summed E-state index contributed by atoms with van der Waals surface area (Å²) in [7, 11) is 5.64. The van der Waals surface area contributed by atoms with Gasteiger partial charge in [-0.15, -0.1) is 0 Å². The first-order valence-corrected chi connectivity index (χ1v) is 9.23. The summed E-state index contributed by atoms with van der Waals surface area (Å²) < 4.78 is 40.7. The molecule has 5 nitrogen and oxygen atoms in total. The number of aromatic nitrogens is 2. The smallest absolute Gasteiger partial charge is 0.337 e. The molecule has 152 valence electrons. The van der Waals surface area contributed by atoms with Gasteiger partial charge in [-0.05, 0) is 49.7 Å². The van der Waals surface area contributed by atoms with E-state index >= 15 is 0 Å². The number of hydrogen-bond acceptors (Lipinski definition) is 3. The molecule has 28 heavy (non-hydrogen) atoms. The molecule has 8 heteroatoms. The second-order valence-corrected chi connectivity index (χ2v) is 7.66. The van der Waals surface area contributed by atoms with Gasteiger partial charge in [0, 0.05) is 38.8 Å². The number of benzene rings is 1. The van der Waals surface area contributed by atoms with Crippen LogP contribution in [0.1, 0.15) is 29.0 Å². The Bertz CT molecular complexity index is 831. The SMILES string of the molecule is CN(C)CCN(Cc1cccc(C(F)(F)F)c1)C(=O)[C@H]1C[C@H]1c1cnn(C)c1. The van der Waals surface area contributed by atoms with E-state index in [9.17, 15) is 18.0 Å². The summed E-state index contributed by atoms with van der Waals surface area (Å²) in [4.78, 5) is 16.7. The first-order chi connectivity index (χ1) is 13.1. The fourth-order valence-corrected chi connectivity index (χ4v) is 3.36. The fraction of sp³-hybridized carbons (Fsp3) is 0.500. The summed E-state index contributed by atoms with van der Waals surface area (Å²) in [5.41, 5.74) is 0.831. The van der Waals surface area contributed by atoms with E-state index < -0.39 is 11.7 Å². The standard InChI is InChI=1S/C20H25F3N4O/c1-25(2)7-8-27(12-14-5-4-6-16(9-14)20(21,22)23)19(28)18-10-17(18)15-11-24-26(3)13-15/h4-6,9,11,13,17-18H,7-8,10,12H2,1-3H3/t17-,18-/m0/s1. The lowest BCUT2D eigenvalue weighted by atomic mass is 10.1. The van der Waals surface area contributed by atoms with Crippen LogP contribution in [0, 0.1) is 5.92 Å². The average Bonchev–Trinajstić information content (AvgIpc) is 3.31. The van der Waals surface area contributed by atoms with Crippen LogP contribution in [-0.4, -0.2) is 52.7 Å². The van der Waals surface area contributed by atoms with Crippen LogP contribution in [0.5, 0.6) is 0 Å². The minimum Gasteiger partial charge on any atom is -0.337 e. The molecular formula is C20H25F3N4O. The van der Waals surface area contributed by atoms with Gasteiger partial charge in [-0.2, -0.15) is 18.3 Å². The van der Waals surface area contributed by atoms with Crippen LogP contribution >= 0.6 is 0 Å². The molecule has 0 bridgehead atoms. The molecule has 0 aliphatic heterocycles. The van der Waals surface area contributed by atoms with Gasteiger partial charge in [0.05, 0.1) is 11.8 Å². The van der Waals surface area contributed by atoms with Crippen molar-refractivity contribution < 1.29 is 18.0 Å². The van der Waals surface area contributed by atoms with Crippen LogP contribution in [0.15, 0.2) is 36.7 Å². The highest BCUT2D eigenvalue weighted by Crippen LogP contribution is 2.48. The molecule has 3 rings (SSSR count).